The molecule has 0 amide bonds. The summed E-state index contributed by atoms with van der Waals surface area (Å²) in [5.41, 5.74) is -0.252. The van der Waals surface area contributed by atoms with Crippen molar-refractivity contribution in [1.29, 1.82) is 0 Å². The molecule has 0 spiro atoms. The van der Waals surface area contributed by atoms with Gasteiger partial charge in [-0.3, -0.25) is 0 Å². The number of pyridine rings is 1. The second-order valence-electron chi connectivity index (χ2n) is 6.58. The molecular formula is C17H18BrNO3. The molecule has 4 nitrogen and oxygen atoms in total. The first-order chi connectivity index (χ1) is 10.3. The van der Waals surface area contributed by atoms with E-state index < -0.39 is 5.60 Å². The van der Waals surface area contributed by atoms with Crippen LogP contribution in [0.25, 0.3) is 0 Å². The van der Waals surface area contributed by atoms with E-state index in [-0.39, 0.29) is 5.41 Å². The quantitative estimate of drug-likeness (QED) is 0.625. The van der Waals surface area contributed by atoms with Gasteiger partial charge in [0, 0.05) is 21.5 Å². The van der Waals surface area contributed by atoms with Crippen LogP contribution in [-0.4, -0.2) is 11.7 Å². The standard InChI is InChI=1S/C17H18BrNO3/c1-16(2)10-17(20,12-4-3-7-19(21)9-12)14-8-13(18)5-6-15(14)22-11-16/h3-9,20H,10-11H2,1-2H3. The van der Waals surface area contributed by atoms with Gasteiger partial charge in [-0.2, -0.15) is 4.73 Å². The van der Waals surface area contributed by atoms with Gasteiger partial charge < -0.3 is 15.1 Å². The minimum Gasteiger partial charge on any atom is -0.619 e. The maximum Gasteiger partial charge on any atom is 0.186 e. The number of ether oxygens (including phenoxy) is 1. The van der Waals surface area contributed by atoms with Gasteiger partial charge in [-0.15, -0.1) is 0 Å². The second-order valence-corrected chi connectivity index (χ2v) is 7.50. The Morgan fingerprint density at radius 3 is 2.82 bits per heavy atom. The van der Waals surface area contributed by atoms with Crippen molar-refractivity contribution >= 4 is 15.9 Å². The van der Waals surface area contributed by atoms with Crippen LogP contribution in [0.1, 0.15) is 31.4 Å². The van der Waals surface area contributed by atoms with Crippen molar-refractivity contribution in [3.05, 3.63) is 63.5 Å². The number of nitrogens with zero attached hydrogens (tertiary/aromatic N) is 1. The van der Waals surface area contributed by atoms with Gasteiger partial charge in [0.05, 0.1) is 12.2 Å². The number of hydrogen-bond acceptors (Lipinski definition) is 3. The number of aromatic nitrogens is 1. The lowest BCUT2D eigenvalue weighted by atomic mass is 9.75. The zero-order valence-electron chi connectivity index (χ0n) is 12.5. The molecule has 1 aliphatic rings. The van der Waals surface area contributed by atoms with Crippen LogP contribution in [0.3, 0.4) is 0 Å². The third kappa shape index (κ3) is 2.71. The second kappa shape index (κ2) is 5.25. The maximum absolute atomic E-state index is 11.7. The highest BCUT2D eigenvalue weighted by Gasteiger charge is 2.43. The zero-order chi connectivity index (χ0) is 16.0. The molecule has 22 heavy (non-hydrogen) atoms. The lowest BCUT2D eigenvalue weighted by molar-refractivity contribution is -0.606. The van der Waals surface area contributed by atoms with Crippen molar-refractivity contribution in [3.8, 4) is 5.75 Å². The van der Waals surface area contributed by atoms with Crippen LogP contribution in [0, 0.1) is 10.6 Å². The van der Waals surface area contributed by atoms with E-state index in [2.05, 4.69) is 15.9 Å². The Morgan fingerprint density at radius 1 is 1.32 bits per heavy atom. The molecule has 1 unspecified atom stereocenters. The summed E-state index contributed by atoms with van der Waals surface area (Å²) in [6.45, 7) is 4.61. The highest BCUT2D eigenvalue weighted by molar-refractivity contribution is 9.10. The molecule has 1 aromatic carbocycles. The monoisotopic (exact) mass is 363 g/mol. The SMILES string of the molecule is CC1(C)COc2ccc(Br)cc2C(O)(c2ccc[n+]([O-])c2)C1. The molecule has 3 rings (SSSR count). The van der Waals surface area contributed by atoms with Gasteiger partial charge in [0.1, 0.15) is 11.4 Å². The molecular weight excluding hydrogens is 346 g/mol. The Balaban J connectivity index is 2.24. The van der Waals surface area contributed by atoms with Crippen LogP contribution in [-0.2, 0) is 5.60 Å². The summed E-state index contributed by atoms with van der Waals surface area (Å²) >= 11 is 3.45. The summed E-state index contributed by atoms with van der Waals surface area (Å²) < 4.78 is 7.47. The molecule has 1 aliphatic heterocycles. The molecule has 0 saturated carbocycles. The van der Waals surface area contributed by atoms with Gasteiger partial charge >= 0.3 is 0 Å². The number of halogens is 1. The highest BCUT2D eigenvalue weighted by Crippen LogP contribution is 2.47. The van der Waals surface area contributed by atoms with E-state index in [4.69, 9.17) is 4.74 Å². The smallest absolute Gasteiger partial charge is 0.186 e. The molecule has 5 heteroatoms. The number of fused-ring (bicyclic) bond motifs is 1. The normalized spacial score (nSPS) is 23.3. The molecule has 0 radical (unpaired) electrons. The minimum atomic E-state index is -1.27. The van der Waals surface area contributed by atoms with Gasteiger partial charge in [-0.25, -0.2) is 0 Å². The van der Waals surface area contributed by atoms with E-state index in [0.29, 0.717) is 34.6 Å². The van der Waals surface area contributed by atoms with Crippen molar-refractivity contribution < 1.29 is 14.6 Å². The average molecular weight is 364 g/mol. The van der Waals surface area contributed by atoms with E-state index in [1.165, 1.54) is 12.4 Å². The Hall–Kier alpha value is -1.59. The predicted octanol–water partition coefficient (Wildman–Crippen LogP) is 3.13. The van der Waals surface area contributed by atoms with Gasteiger partial charge in [0.25, 0.3) is 0 Å². The average Bonchev–Trinajstić information content (AvgIpc) is 2.54. The molecule has 1 N–H and O–H groups in total. The van der Waals surface area contributed by atoms with Crippen LogP contribution in [0.15, 0.2) is 47.2 Å². The van der Waals surface area contributed by atoms with Gasteiger partial charge in [0.15, 0.2) is 12.4 Å². The molecule has 2 aromatic rings. The van der Waals surface area contributed by atoms with E-state index in [1.54, 1.807) is 12.1 Å². The zero-order valence-corrected chi connectivity index (χ0v) is 14.1. The highest BCUT2D eigenvalue weighted by atomic mass is 79.9. The molecule has 2 heterocycles. The number of hydrogen-bond donors (Lipinski definition) is 1. The van der Waals surface area contributed by atoms with Gasteiger partial charge in [-0.1, -0.05) is 29.8 Å². The molecule has 0 aliphatic carbocycles. The Bertz CT molecular complexity index is 717. The van der Waals surface area contributed by atoms with Crippen molar-refractivity contribution in [3.63, 3.8) is 0 Å². The first-order valence-corrected chi connectivity index (χ1v) is 7.94. The summed E-state index contributed by atoms with van der Waals surface area (Å²) in [6.07, 6.45) is 3.30. The summed E-state index contributed by atoms with van der Waals surface area (Å²) in [5.74, 6) is 0.651. The molecule has 1 atom stereocenters. The number of rotatable bonds is 1. The fraction of sp³-hybridized carbons (Fsp3) is 0.353. The van der Waals surface area contributed by atoms with Gasteiger partial charge in [-0.05, 0) is 30.7 Å². The van der Waals surface area contributed by atoms with Crippen LogP contribution >= 0.6 is 15.9 Å². The Morgan fingerprint density at radius 2 is 2.09 bits per heavy atom. The Labute approximate surface area is 138 Å². The summed E-state index contributed by atoms with van der Waals surface area (Å²) in [5, 5.41) is 23.2. The number of benzene rings is 1. The summed E-state index contributed by atoms with van der Waals surface area (Å²) in [4.78, 5) is 0. The Kier molecular flexibility index (Phi) is 3.65. The van der Waals surface area contributed by atoms with E-state index in [0.717, 1.165) is 4.47 Å². The lowest BCUT2D eigenvalue weighted by Crippen LogP contribution is -2.36. The summed E-state index contributed by atoms with van der Waals surface area (Å²) in [6, 6.07) is 9.02. The van der Waals surface area contributed by atoms with Crippen LogP contribution in [0.4, 0.5) is 0 Å². The number of aliphatic hydroxyl groups is 1. The third-order valence-corrected chi connectivity index (χ3v) is 4.49. The van der Waals surface area contributed by atoms with Crippen LogP contribution in [0.2, 0.25) is 0 Å². The van der Waals surface area contributed by atoms with E-state index in [1.807, 2.05) is 32.0 Å². The molecule has 1 aromatic heterocycles. The molecule has 0 fully saturated rings. The summed E-state index contributed by atoms with van der Waals surface area (Å²) in [7, 11) is 0. The molecule has 116 valence electrons. The minimum absolute atomic E-state index is 0.232. The van der Waals surface area contributed by atoms with Crippen molar-refractivity contribution in [2.75, 3.05) is 6.61 Å². The van der Waals surface area contributed by atoms with E-state index >= 15 is 0 Å². The van der Waals surface area contributed by atoms with Crippen molar-refractivity contribution in [2.45, 2.75) is 25.9 Å². The van der Waals surface area contributed by atoms with E-state index in [9.17, 15) is 10.3 Å². The van der Waals surface area contributed by atoms with Gasteiger partial charge in [0.2, 0.25) is 0 Å². The maximum atomic E-state index is 11.7. The van der Waals surface area contributed by atoms with Crippen molar-refractivity contribution in [1.82, 2.24) is 0 Å². The van der Waals surface area contributed by atoms with Crippen molar-refractivity contribution in [2.24, 2.45) is 5.41 Å². The lowest BCUT2D eigenvalue weighted by Gasteiger charge is -2.33. The fourth-order valence-electron chi connectivity index (χ4n) is 3.02. The first kappa shape index (κ1) is 15.3. The molecule has 0 bridgehead atoms. The molecule has 0 saturated heterocycles. The van der Waals surface area contributed by atoms with Crippen LogP contribution < -0.4 is 9.47 Å². The predicted molar refractivity (Wildman–Crippen MR) is 86.4 cm³/mol. The largest absolute Gasteiger partial charge is 0.619 e. The topological polar surface area (TPSA) is 56.4 Å². The fourth-order valence-corrected chi connectivity index (χ4v) is 3.38. The van der Waals surface area contributed by atoms with Crippen LogP contribution in [0.5, 0.6) is 5.75 Å². The third-order valence-electron chi connectivity index (χ3n) is 3.99. The first-order valence-electron chi connectivity index (χ1n) is 7.15.